The van der Waals surface area contributed by atoms with E-state index in [2.05, 4.69) is 82.9 Å². The molecule has 0 aliphatic heterocycles. The third kappa shape index (κ3) is 7.78. The van der Waals surface area contributed by atoms with Gasteiger partial charge in [-0.2, -0.15) is 0 Å². The summed E-state index contributed by atoms with van der Waals surface area (Å²) >= 11 is 0. The van der Waals surface area contributed by atoms with Gasteiger partial charge in [-0.25, -0.2) is 0 Å². The zero-order valence-corrected chi connectivity index (χ0v) is 18.5. The molecule has 0 fully saturated rings. The monoisotopic (exact) mass is 469 g/mol. The first-order valence-electron chi connectivity index (χ1n) is 8.88. The van der Waals surface area contributed by atoms with Crippen LogP contribution in [0, 0.1) is 0 Å². The standard InChI is InChI=1S/C20H31N5.HI/c1-17(18-10-6-5-7-11-18)24-20(2,3)16-23-19(21-4)22-12-15-25-13-8-9-14-25;/h5-11,13-14,17,24H,12,15-16H2,1-4H3,(H2,21,22,23);1H. The van der Waals surface area contributed by atoms with Crippen LogP contribution in [0.25, 0.3) is 0 Å². The van der Waals surface area contributed by atoms with E-state index in [4.69, 9.17) is 0 Å². The number of nitrogens with one attached hydrogen (secondary N) is 3. The van der Waals surface area contributed by atoms with Crippen LogP contribution in [-0.4, -0.2) is 36.2 Å². The predicted octanol–water partition coefficient (Wildman–Crippen LogP) is 3.40. The molecule has 1 aromatic heterocycles. The second-order valence-electron chi connectivity index (χ2n) is 6.93. The number of aliphatic imine (C=N–C) groups is 1. The molecule has 1 atom stereocenters. The minimum atomic E-state index is -0.0622. The number of hydrogen-bond acceptors (Lipinski definition) is 2. The van der Waals surface area contributed by atoms with Gasteiger partial charge in [0.15, 0.2) is 5.96 Å². The molecule has 3 N–H and O–H groups in total. The summed E-state index contributed by atoms with van der Waals surface area (Å²) in [6, 6.07) is 14.9. The summed E-state index contributed by atoms with van der Waals surface area (Å²) in [4.78, 5) is 4.30. The Morgan fingerprint density at radius 2 is 1.73 bits per heavy atom. The van der Waals surface area contributed by atoms with Crippen LogP contribution in [0.2, 0.25) is 0 Å². The summed E-state index contributed by atoms with van der Waals surface area (Å²) in [5.41, 5.74) is 1.23. The summed E-state index contributed by atoms with van der Waals surface area (Å²) in [5, 5.41) is 10.5. The molecule has 0 bridgehead atoms. The Kier molecular flexibility index (Phi) is 9.72. The number of aromatic nitrogens is 1. The number of guanidine groups is 1. The quantitative estimate of drug-likeness (QED) is 0.316. The normalized spacial score (nSPS) is 13.0. The third-order valence-electron chi connectivity index (χ3n) is 4.16. The molecule has 0 saturated carbocycles. The van der Waals surface area contributed by atoms with Gasteiger partial charge in [0.2, 0.25) is 0 Å². The fourth-order valence-electron chi connectivity index (χ4n) is 2.81. The number of hydrogen-bond donors (Lipinski definition) is 3. The van der Waals surface area contributed by atoms with Crippen molar-refractivity contribution >= 4 is 29.9 Å². The lowest BCUT2D eigenvalue weighted by Crippen LogP contribution is -2.52. The molecule has 1 heterocycles. The molecule has 5 nitrogen and oxygen atoms in total. The average Bonchev–Trinajstić information content (AvgIpc) is 3.11. The Bertz CT molecular complexity index is 637. The summed E-state index contributed by atoms with van der Waals surface area (Å²) in [5.74, 6) is 0.828. The maximum absolute atomic E-state index is 4.30. The lowest BCUT2D eigenvalue weighted by Gasteiger charge is -2.31. The third-order valence-corrected chi connectivity index (χ3v) is 4.16. The molecule has 1 aromatic carbocycles. The minimum Gasteiger partial charge on any atom is -0.355 e. The molecule has 2 aromatic rings. The van der Waals surface area contributed by atoms with E-state index >= 15 is 0 Å². The molecule has 0 aliphatic carbocycles. The van der Waals surface area contributed by atoms with Crippen molar-refractivity contribution < 1.29 is 0 Å². The molecule has 0 spiro atoms. The van der Waals surface area contributed by atoms with Gasteiger partial charge in [0.25, 0.3) is 0 Å². The van der Waals surface area contributed by atoms with Crippen molar-refractivity contribution in [2.45, 2.75) is 38.9 Å². The molecular formula is C20H32IN5. The zero-order valence-electron chi connectivity index (χ0n) is 16.2. The first kappa shape index (κ1) is 22.5. The van der Waals surface area contributed by atoms with Crippen LogP contribution in [0.3, 0.4) is 0 Å². The van der Waals surface area contributed by atoms with E-state index in [1.54, 1.807) is 7.05 Å². The molecule has 0 aliphatic rings. The Hall–Kier alpha value is -1.54. The molecule has 6 heteroatoms. The SMILES string of the molecule is CN=C(NCCn1cccc1)NCC(C)(C)NC(C)c1ccccc1.I. The fourth-order valence-corrected chi connectivity index (χ4v) is 2.81. The molecular weight excluding hydrogens is 437 g/mol. The van der Waals surface area contributed by atoms with Gasteiger partial charge in [-0.1, -0.05) is 30.3 Å². The highest BCUT2D eigenvalue weighted by Crippen LogP contribution is 2.15. The summed E-state index contributed by atoms with van der Waals surface area (Å²) < 4.78 is 2.15. The maximum Gasteiger partial charge on any atom is 0.191 e. The molecule has 0 saturated heterocycles. The highest BCUT2D eigenvalue weighted by molar-refractivity contribution is 14.0. The Balaban J connectivity index is 0.00000338. The summed E-state index contributed by atoms with van der Waals surface area (Å²) in [6.07, 6.45) is 4.13. The van der Waals surface area contributed by atoms with Gasteiger partial charge < -0.3 is 20.5 Å². The Labute approximate surface area is 174 Å². The second kappa shape index (κ2) is 11.2. The first-order valence-corrected chi connectivity index (χ1v) is 8.88. The van der Waals surface area contributed by atoms with Crippen LogP contribution in [0.15, 0.2) is 59.9 Å². The lowest BCUT2D eigenvalue weighted by atomic mass is 10.0. The molecule has 2 rings (SSSR count). The van der Waals surface area contributed by atoms with E-state index in [9.17, 15) is 0 Å². The van der Waals surface area contributed by atoms with Crippen molar-refractivity contribution in [3.05, 3.63) is 60.4 Å². The predicted molar refractivity (Wildman–Crippen MR) is 121 cm³/mol. The van der Waals surface area contributed by atoms with E-state index in [-0.39, 0.29) is 29.5 Å². The average molecular weight is 469 g/mol. The van der Waals surface area contributed by atoms with Gasteiger partial charge in [-0.15, -0.1) is 24.0 Å². The zero-order chi connectivity index (χ0) is 18.1. The van der Waals surface area contributed by atoms with Gasteiger partial charge in [-0.3, -0.25) is 4.99 Å². The molecule has 144 valence electrons. The molecule has 0 amide bonds. The van der Waals surface area contributed by atoms with Crippen molar-refractivity contribution in [3.8, 4) is 0 Å². The molecule has 26 heavy (non-hydrogen) atoms. The van der Waals surface area contributed by atoms with Crippen LogP contribution >= 0.6 is 24.0 Å². The summed E-state index contributed by atoms with van der Waals surface area (Å²) in [6.45, 7) is 9.14. The minimum absolute atomic E-state index is 0. The van der Waals surface area contributed by atoms with Crippen molar-refractivity contribution in [3.63, 3.8) is 0 Å². The van der Waals surface area contributed by atoms with Crippen LogP contribution < -0.4 is 16.0 Å². The van der Waals surface area contributed by atoms with E-state index < -0.39 is 0 Å². The second-order valence-corrected chi connectivity index (χ2v) is 6.93. The van der Waals surface area contributed by atoms with Gasteiger partial charge in [0, 0.05) is 50.7 Å². The molecule has 0 radical (unpaired) electrons. The van der Waals surface area contributed by atoms with E-state index in [0.29, 0.717) is 6.04 Å². The van der Waals surface area contributed by atoms with Gasteiger partial charge in [-0.05, 0) is 38.5 Å². The van der Waals surface area contributed by atoms with E-state index in [1.807, 2.05) is 18.2 Å². The lowest BCUT2D eigenvalue weighted by molar-refractivity contribution is 0.344. The van der Waals surface area contributed by atoms with Crippen LogP contribution in [0.1, 0.15) is 32.4 Å². The van der Waals surface area contributed by atoms with E-state index in [1.165, 1.54) is 5.56 Å². The van der Waals surface area contributed by atoms with Gasteiger partial charge >= 0.3 is 0 Å². The highest BCUT2D eigenvalue weighted by Gasteiger charge is 2.21. The van der Waals surface area contributed by atoms with Crippen molar-refractivity contribution in [2.24, 2.45) is 4.99 Å². The van der Waals surface area contributed by atoms with Crippen LogP contribution in [0.4, 0.5) is 0 Å². The molecule has 1 unspecified atom stereocenters. The van der Waals surface area contributed by atoms with Gasteiger partial charge in [0.05, 0.1) is 0 Å². The Morgan fingerprint density at radius 3 is 2.35 bits per heavy atom. The first-order chi connectivity index (χ1) is 12.0. The number of halogens is 1. The van der Waals surface area contributed by atoms with Crippen LogP contribution in [0.5, 0.6) is 0 Å². The maximum atomic E-state index is 4.30. The van der Waals surface area contributed by atoms with Gasteiger partial charge in [0.1, 0.15) is 0 Å². The Morgan fingerprint density at radius 1 is 1.08 bits per heavy atom. The van der Waals surface area contributed by atoms with Crippen molar-refractivity contribution in [2.75, 3.05) is 20.1 Å². The number of rotatable bonds is 8. The van der Waals surface area contributed by atoms with Crippen molar-refractivity contribution in [1.29, 1.82) is 0 Å². The summed E-state index contributed by atoms with van der Waals surface area (Å²) in [7, 11) is 1.80. The largest absolute Gasteiger partial charge is 0.355 e. The van der Waals surface area contributed by atoms with E-state index in [0.717, 1.165) is 25.6 Å². The smallest absolute Gasteiger partial charge is 0.191 e. The fraction of sp³-hybridized carbons (Fsp3) is 0.450. The van der Waals surface area contributed by atoms with Crippen molar-refractivity contribution in [1.82, 2.24) is 20.5 Å². The number of nitrogens with zero attached hydrogens (tertiary/aromatic N) is 2. The highest BCUT2D eigenvalue weighted by atomic mass is 127. The van der Waals surface area contributed by atoms with Crippen LogP contribution in [-0.2, 0) is 6.54 Å². The number of benzene rings is 1. The topological polar surface area (TPSA) is 53.4 Å².